The van der Waals surface area contributed by atoms with Crippen LogP contribution in [0.4, 0.5) is 10.1 Å². The molecule has 0 bridgehead atoms. The van der Waals surface area contributed by atoms with E-state index >= 15 is 0 Å². The summed E-state index contributed by atoms with van der Waals surface area (Å²) in [4.78, 5) is 25.1. The van der Waals surface area contributed by atoms with Gasteiger partial charge in [-0.1, -0.05) is 6.07 Å². The molecule has 2 fully saturated rings. The van der Waals surface area contributed by atoms with Crippen molar-refractivity contribution in [2.75, 3.05) is 25.0 Å². The summed E-state index contributed by atoms with van der Waals surface area (Å²) in [5.41, 5.74) is 5.45. The second kappa shape index (κ2) is 7.28. The lowest BCUT2D eigenvalue weighted by molar-refractivity contribution is -0.123. The summed E-state index contributed by atoms with van der Waals surface area (Å²) < 4.78 is 13.5. The zero-order valence-corrected chi connectivity index (χ0v) is 15.2. The number of fused-ring (bicyclic) bond motifs is 1. The standard InChI is InChI=1S/C19H24FN5O2/c1-11-2-3-13(20)8-15(11)23-19(27)14-10-22-25-16(9-17(26)24-18(14)25)12-4-6-21-7-5-12/h2-3,8-9,12,14,18,21-22H,4-7,10H2,1H3,(H,23,27)(H,24,26). The number of anilines is 1. The molecular formula is C19H24FN5O2. The SMILES string of the molecule is Cc1ccc(F)cc1NC(=O)C1CNN2C(C3CCNCC3)=CC(=O)NC12. The van der Waals surface area contributed by atoms with Crippen LogP contribution in [0, 0.1) is 24.6 Å². The van der Waals surface area contributed by atoms with Crippen LogP contribution in [0.3, 0.4) is 0 Å². The summed E-state index contributed by atoms with van der Waals surface area (Å²) in [7, 11) is 0. The van der Waals surface area contributed by atoms with Crippen LogP contribution in [0.15, 0.2) is 30.0 Å². The molecule has 2 amide bonds. The van der Waals surface area contributed by atoms with Crippen LogP contribution in [0.2, 0.25) is 0 Å². The molecule has 7 nitrogen and oxygen atoms in total. The van der Waals surface area contributed by atoms with Gasteiger partial charge in [0.2, 0.25) is 11.8 Å². The van der Waals surface area contributed by atoms with Crippen LogP contribution in [0.25, 0.3) is 0 Å². The van der Waals surface area contributed by atoms with Crippen LogP contribution < -0.4 is 21.4 Å². The van der Waals surface area contributed by atoms with Gasteiger partial charge in [-0.3, -0.25) is 14.6 Å². The molecule has 0 aliphatic carbocycles. The molecule has 2 unspecified atom stereocenters. The maximum Gasteiger partial charge on any atom is 0.247 e. The Morgan fingerprint density at radius 2 is 2.07 bits per heavy atom. The monoisotopic (exact) mass is 373 g/mol. The Bertz CT molecular complexity index is 790. The van der Waals surface area contributed by atoms with Crippen molar-refractivity contribution in [1.82, 2.24) is 21.1 Å². The number of carbonyl (C=O) groups is 2. The topological polar surface area (TPSA) is 85.5 Å². The molecule has 144 valence electrons. The quantitative estimate of drug-likeness (QED) is 0.631. The average Bonchev–Trinajstić information content (AvgIpc) is 3.08. The number of nitrogens with zero attached hydrogens (tertiary/aromatic N) is 1. The molecule has 4 rings (SSSR count). The molecule has 0 saturated carbocycles. The van der Waals surface area contributed by atoms with E-state index in [-0.39, 0.29) is 11.8 Å². The van der Waals surface area contributed by atoms with Crippen molar-refractivity contribution in [2.45, 2.75) is 25.9 Å². The zero-order chi connectivity index (χ0) is 19.0. The van der Waals surface area contributed by atoms with Crippen LogP contribution in [-0.4, -0.2) is 42.6 Å². The highest BCUT2D eigenvalue weighted by atomic mass is 19.1. The molecule has 0 aromatic heterocycles. The summed E-state index contributed by atoms with van der Waals surface area (Å²) >= 11 is 0. The molecule has 2 atom stereocenters. The number of hydrogen-bond acceptors (Lipinski definition) is 5. The lowest BCUT2D eigenvalue weighted by atomic mass is 9.92. The molecule has 3 heterocycles. The third-order valence-corrected chi connectivity index (χ3v) is 5.54. The maximum atomic E-state index is 13.5. The van der Waals surface area contributed by atoms with Gasteiger partial charge < -0.3 is 16.0 Å². The van der Waals surface area contributed by atoms with E-state index in [0.29, 0.717) is 18.2 Å². The van der Waals surface area contributed by atoms with E-state index < -0.39 is 17.9 Å². The molecule has 3 aliphatic rings. The predicted molar refractivity (Wildman–Crippen MR) is 98.7 cm³/mol. The van der Waals surface area contributed by atoms with Gasteiger partial charge in [0.25, 0.3) is 0 Å². The first-order valence-electron chi connectivity index (χ1n) is 9.35. The van der Waals surface area contributed by atoms with Gasteiger partial charge in [0.05, 0.1) is 5.92 Å². The number of piperidine rings is 1. The van der Waals surface area contributed by atoms with Crippen LogP contribution in [0.1, 0.15) is 18.4 Å². The van der Waals surface area contributed by atoms with Gasteiger partial charge in [-0.05, 0) is 50.6 Å². The highest BCUT2D eigenvalue weighted by Gasteiger charge is 2.44. The van der Waals surface area contributed by atoms with Gasteiger partial charge in [0.1, 0.15) is 12.0 Å². The zero-order valence-electron chi connectivity index (χ0n) is 15.2. The van der Waals surface area contributed by atoms with E-state index in [9.17, 15) is 14.0 Å². The van der Waals surface area contributed by atoms with Crippen molar-refractivity contribution >= 4 is 17.5 Å². The molecule has 3 aliphatic heterocycles. The van der Waals surface area contributed by atoms with Gasteiger partial charge in [-0.15, -0.1) is 0 Å². The van der Waals surface area contributed by atoms with E-state index in [1.54, 1.807) is 12.1 Å². The Morgan fingerprint density at radius 3 is 2.85 bits per heavy atom. The third kappa shape index (κ3) is 3.54. The third-order valence-electron chi connectivity index (χ3n) is 5.54. The van der Waals surface area contributed by atoms with E-state index in [1.807, 2.05) is 11.9 Å². The number of benzene rings is 1. The van der Waals surface area contributed by atoms with Crippen LogP contribution >= 0.6 is 0 Å². The number of aryl methyl sites for hydroxylation is 1. The van der Waals surface area contributed by atoms with Crippen molar-refractivity contribution in [3.63, 3.8) is 0 Å². The first-order chi connectivity index (χ1) is 13.0. The molecule has 4 N–H and O–H groups in total. The Labute approximate surface area is 157 Å². The molecule has 0 spiro atoms. The van der Waals surface area contributed by atoms with Crippen molar-refractivity contribution in [2.24, 2.45) is 11.8 Å². The predicted octanol–water partition coefficient (Wildman–Crippen LogP) is 0.848. The number of hydrazine groups is 1. The first kappa shape index (κ1) is 17.9. The molecule has 2 saturated heterocycles. The van der Waals surface area contributed by atoms with Gasteiger partial charge >= 0.3 is 0 Å². The second-order valence-corrected chi connectivity index (χ2v) is 7.33. The Balaban J connectivity index is 1.51. The van der Waals surface area contributed by atoms with Crippen LogP contribution in [0.5, 0.6) is 0 Å². The average molecular weight is 373 g/mol. The summed E-state index contributed by atoms with van der Waals surface area (Å²) in [5.74, 6) is -0.991. The number of carbonyl (C=O) groups excluding carboxylic acids is 2. The fourth-order valence-corrected chi connectivity index (χ4v) is 4.02. The Kier molecular flexibility index (Phi) is 4.84. The summed E-state index contributed by atoms with van der Waals surface area (Å²) in [5, 5.41) is 11.0. The highest BCUT2D eigenvalue weighted by molar-refractivity contribution is 5.95. The molecule has 8 heteroatoms. The van der Waals surface area contributed by atoms with E-state index in [2.05, 4.69) is 21.4 Å². The van der Waals surface area contributed by atoms with E-state index in [0.717, 1.165) is 37.2 Å². The van der Waals surface area contributed by atoms with E-state index in [1.165, 1.54) is 12.1 Å². The van der Waals surface area contributed by atoms with E-state index in [4.69, 9.17) is 0 Å². The minimum atomic E-state index is -0.470. The lowest BCUT2D eigenvalue weighted by Gasteiger charge is -2.38. The number of nitrogens with one attached hydrogen (secondary N) is 4. The van der Waals surface area contributed by atoms with Crippen molar-refractivity contribution in [3.8, 4) is 0 Å². The van der Waals surface area contributed by atoms with Gasteiger partial charge in [0.15, 0.2) is 0 Å². The highest BCUT2D eigenvalue weighted by Crippen LogP contribution is 2.31. The number of rotatable bonds is 3. The summed E-state index contributed by atoms with van der Waals surface area (Å²) in [6, 6.07) is 4.30. The van der Waals surface area contributed by atoms with Gasteiger partial charge in [-0.25, -0.2) is 9.82 Å². The van der Waals surface area contributed by atoms with Gasteiger partial charge in [0, 0.05) is 29.9 Å². The summed E-state index contributed by atoms with van der Waals surface area (Å²) in [6.45, 7) is 4.07. The molecule has 1 aromatic carbocycles. The van der Waals surface area contributed by atoms with Crippen LogP contribution in [-0.2, 0) is 9.59 Å². The maximum absolute atomic E-state index is 13.5. The lowest BCUT2D eigenvalue weighted by Crippen LogP contribution is -2.55. The van der Waals surface area contributed by atoms with Gasteiger partial charge in [-0.2, -0.15) is 0 Å². The normalized spacial score (nSPS) is 25.6. The molecule has 27 heavy (non-hydrogen) atoms. The second-order valence-electron chi connectivity index (χ2n) is 7.33. The Morgan fingerprint density at radius 1 is 1.30 bits per heavy atom. The fourth-order valence-electron chi connectivity index (χ4n) is 4.02. The Hall–Kier alpha value is -2.45. The van der Waals surface area contributed by atoms with Crippen molar-refractivity contribution in [3.05, 3.63) is 41.4 Å². The van der Waals surface area contributed by atoms with Crippen molar-refractivity contribution in [1.29, 1.82) is 0 Å². The largest absolute Gasteiger partial charge is 0.330 e. The number of halogens is 1. The smallest absolute Gasteiger partial charge is 0.247 e. The summed E-state index contributed by atoms with van der Waals surface area (Å²) in [6.07, 6.45) is 3.12. The minimum Gasteiger partial charge on any atom is -0.330 e. The number of allylic oxidation sites excluding steroid dienone is 1. The first-order valence-corrected chi connectivity index (χ1v) is 9.35. The molecule has 0 radical (unpaired) electrons. The molecular weight excluding hydrogens is 349 g/mol. The van der Waals surface area contributed by atoms with Crippen molar-refractivity contribution < 1.29 is 14.0 Å². The fraction of sp³-hybridized carbons (Fsp3) is 0.474. The minimum absolute atomic E-state index is 0.173. The number of hydrogen-bond donors (Lipinski definition) is 4. The molecule has 1 aromatic rings. The number of amides is 2.